The standard InChI is InChI=1S/C26H35N3O4/c1-16(2)14-21(24(31)29-22-25(32)33-15-26(22,4)5)28-23(30)19-8-6-7-9-20(19)27-18-12-10-17(3)11-13-18/h6-13,16,21-22,25,27,32H,14-15H2,1-5H3,(H,28,30)(H,29,31)/t21?,22-,25+/m1/s1. The van der Waals surface area contributed by atoms with Crippen LogP contribution < -0.4 is 16.0 Å². The van der Waals surface area contributed by atoms with Gasteiger partial charge < -0.3 is 25.8 Å². The van der Waals surface area contributed by atoms with Crippen molar-refractivity contribution < 1.29 is 19.4 Å². The summed E-state index contributed by atoms with van der Waals surface area (Å²) in [7, 11) is 0. The van der Waals surface area contributed by atoms with Gasteiger partial charge in [-0.15, -0.1) is 0 Å². The first-order valence-corrected chi connectivity index (χ1v) is 11.4. The first-order valence-electron chi connectivity index (χ1n) is 11.4. The lowest BCUT2D eigenvalue weighted by Crippen LogP contribution is -2.55. The van der Waals surface area contributed by atoms with Gasteiger partial charge in [0.15, 0.2) is 6.29 Å². The van der Waals surface area contributed by atoms with Crippen molar-refractivity contribution in [2.24, 2.45) is 11.3 Å². The number of ether oxygens (including phenoxy) is 1. The van der Waals surface area contributed by atoms with Gasteiger partial charge in [0, 0.05) is 11.1 Å². The van der Waals surface area contributed by atoms with Crippen LogP contribution in [0.25, 0.3) is 0 Å². The average molecular weight is 454 g/mol. The van der Waals surface area contributed by atoms with Crippen LogP contribution in [-0.2, 0) is 9.53 Å². The van der Waals surface area contributed by atoms with E-state index < -0.39 is 23.8 Å². The van der Waals surface area contributed by atoms with Crippen molar-refractivity contribution in [3.05, 3.63) is 59.7 Å². The summed E-state index contributed by atoms with van der Waals surface area (Å²) in [5.74, 6) is -0.489. The van der Waals surface area contributed by atoms with Crippen LogP contribution in [0.15, 0.2) is 48.5 Å². The zero-order valence-electron chi connectivity index (χ0n) is 20.0. The molecule has 1 saturated heterocycles. The summed E-state index contributed by atoms with van der Waals surface area (Å²) < 4.78 is 5.32. The fourth-order valence-electron chi connectivity index (χ4n) is 3.91. The minimum Gasteiger partial charge on any atom is -0.366 e. The minimum atomic E-state index is -1.07. The molecule has 178 valence electrons. The Morgan fingerprint density at radius 2 is 1.79 bits per heavy atom. The molecule has 7 heteroatoms. The maximum Gasteiger partial charge on any atom is 0.254 e. The van der Waals surface area contributed by atoms with Crippen LogP contribution in [-0.4, -0.2) is 41.9 Å². The van der Waals surface area contributed by atoms with E-state index in [2.05, 4.69) is 16.0 Å². The van der Waals surface area contributed by atoms with Crippen molar-refractivity contribution >= 4 is 23.2 Å². The van der Waals surface area contributed by atoms with Crippen LogP contribution in [0.4, 0.5) is 11.4 Å². The second-order valence-electron chi connectivity index (χ2n) is 9.87. The predicted octanol–water partition coefficient (Wildman–Crippen LogP) is 3.74. The first kappa shape index (κ1) is 24.7. The Hall–Kier alpha value is -2.90. The molecule has 4 N–H and O–H groups in total. The Kier molecular flexibility index (Phi) is 7.76. The first-order chi connectivity index (χ1) is 15.6. The SMILES string of the molecule is Cc1ccc(Nc2ccccc2C(=O)NC(CC(C)C)C(=O)N[C@@H]2[C@@H](O)OCC2(C)C)cc1. The predicted molar refractivity (Wildman–Crippen MR) is 129 cm³/mol. The topological polar surface area (TPSA) is 99.7 Å². The molecule has 0 saturated carbocycles. The van der Waals surface area contributed by atoms with Crippen molar-refractivity contribution in [3.8, 4) is 0 Å². The van der Waals surface area contributed by atoms with Crippen LogP contribution in [0.5, 0.6) is 0 Å². The average Bonchev–Trinajstić information content (AvgIpc) is 3.01. The zero-order chi connectivity index (χ0) is 24.2. The number of carbonyl (C=O) groups excluding carboxylic acids is 2. The van der Waals surface area contributed by atoms with E-state index in [4.69, 9.17) is 4.74 Å². The Bertz CT molecular complexity index is 972. The molecule has 1 unspecified atom stereocenters. The van der Waals surface area contributed by atoms with Gasteiger partial charge in [-0.25, -0.2) is 0 Å². The molecule has 0 bridgehead atoms. The summed E-state index contributed by atoms with van der Waals surface area (Å²) in [5.41, 5.74) is 2.71. The van der Waals surface area contributed by atoms with E-state index in [1.165, 1.54) is 0 Å². The van der Waals surface area contributed by atoms with E-state index in [0.29, 0.717) is 24.3 Å². The Labute approximate surface area is 195 Å². The lowest BCUT2D eigenvalue weighted by molar-refractivity contribution is -0.128. The summed E-state index contributed by atoms with van der Waals surface area (Å²) in [6.07, 6.45) is -0.603. The molecule has 1 aliphatic heterocycles. The molecule has 1 aliphatic rings. The maximum absolute atomic E-state index is 13.2. The molecule has 3 rings (SSSR count). The normalized spacial score (nSPS) is 20.3. The van der Waals surface area contributed by atoms with Crippen LogP contribution in [0.3, 0.4) is 0 Å². The van der Waals surface area contributed by atoms with Gasteiger partial charge >= 0.3 is 0 Å². The molecule has 7 nitrogen and oxygen atoms in total. The van der Waals surface area contributed by atoms with Gasteiger partial charge in [0.25, 0.3) is 5.91 Å². The third-order valence-electron chi connectivity index (χ3n) is 5.88. The molecular weight excluding hydrogens is 418 g/mol. The molecule has 0 radical (unpaired) electrons. The number of anilines is 2. The molecule has 2 amide bonds. The molecule has 3 atom stereocenters. The highest BCUT2D eigenvalue weighted by molar-refractivity contribution is 6.02. The van der Waals surface area contributed by atoms with Crippen molar-refractivity contribution in [1.29, 1.82) is 0 Å². The quantitative estimate of drug-likeness (QED) is 0.488. The number of hydrogen-bond donors (Lipinski definition) is 4. The molecule has 1 fully saturated rings. The highest BCUT2D eigenvalue weighted by atomic mass is 16.6. The summed E-state index contributed by atoms with van der Waals surface area (Å²) in [4.78, 5) is 26.4. The second kappa shape index (κ2) is 10.4. The van der Waals surface area contributed by atoms with E-state index in [-0.39, 0.29) is 17.7 Å². The van der Waals surface area contributed by atoms with E-state index in [1.54, 1.807) is 12.1 Å². The van der Waals surface area contributed by atoms with E-state index >= 15 is 0 Å². The third kappa shape index (κ3) is 6.33. The van der Waals surface area contributed by atoms with Crippen LogP contribution in [0.1, 0.15) is 50.0 Å². The highest BCUT2D eigenvalue weighted by Gasteiger charge is 2.44. The van der Waals surface area contributed by atoms with Gasteiger partial charge in [0.1, 0.15) is 6.04 Å². The van der Waals surface area contributed by atoms with Gasteiger partial charge in [0.05, 0.1) is 23.9 Å². The molecule has 2 aromatic rings. The molecule has 1 heterocycles. The number of rotatable bonds is 8. The third-order valence-corrected chi connectivity index (χ3v) is 5.88. The zero-order valence-corrected chi connectivity index (χ0v) is 20.0. The lowest BCUT2D eigenvalue weighted by Gasteiger charge is -2.29. The number of nitrogens with one attached hydrogen (secondary N) is 3. The Balaban J connectivity index is 1.76. The molecule has 0 spiro atoms. The Morgan fingerprint density at radius 1 is 1.12 bits per heavy atom. The molecule has 0 aliphatic carbocycles. The fraction of sp³-hybridized carbons (Fsp3) is 0.462. The van der Waals surface area contributed by atoms with Crippen molar-refractivity contribution in [3.63, 3.8) is 0 Å². The Morgan fingerprint density at radius 3 is 2.39 bits per heavy atom. The summed E-state index contributed by atoms with van der Waals surface area (Å²) >= 11 is 0. The number of hydrogen-bond acceptors (Lipinski definition) is 5. The largest absolute Gasteiger partial charge is 0.366 e. The molecular formula is C26H35N3O4. The summed E-state index contributed by atoms with van der Waals surface area (Å²) in [6.45, 7) is 10.2. The van der Waals surface area contributed by atoms with Crippen LogP contribution in [0.2, 0.25) is 0 Å². The van der Waals surface area contributed by atoms with Gasteiger partial charge in [-0.3, -0.25) is 9.59 Å². The van der Waals surface area contributed by atoms with Crippen LogP contribution >= 0.6 is 0 Å². The smallest absolute Gasteiger partial charge is 0.254 e. The number of amides is 2. The molecule has 33 heavy (non-hydrogen) atoms. The fourth-order valence-corrected chi connectivity index (χ4v) is 3.91. The van der Waals surface area contributed by atoms with E-state index in [0.717, 1.165) is 11.3 Å². The van der Waals surface area contributed by atoms with Crippen LogP contribution in [0, 0.1) is 18.3 Å². The van der Waals surface area contributed by atoms with Gasteiger partial charge in [-0.05, 0) is 43.5 Å². The van der Waals surface area contributed by atoms with E-state index in [1.807, 2.05) is 71.0 Å². The monoisotopic (exact) mass is 453 g/mol. The lowest BCUT2D eigenvalue weighted by atomic mass is 9.87. The summed E-state index contributed by atoms with van der Waals surface area (Å²) in [6, 6.07) is 13.8. The number of para-hydroxylation sites is 1. The summed E-state index contributed by atoms with van der Waals surface area (Å²) in [5, 5.41) is 19.2. The molecule has 2 aromatic carbocycles. The van der Waals surface area contributed by atoms with Crippen molar-refractivity contribution in [1.82, 2.24) is 10.6 Å². The maximum atomic E-state index is 13.2. The van der Waals surface area contributed by atoms with Gasteiger partial charge in [-0.2, -0.15) is 0 Å². The van der Waals surface area contributed by atoms with E-state index in [9.17, 15) is 14.7 Å². The van der Waals surface area contributed by atoms with Gasteiger partial charge in [0.2, 0.25) is 5.91 Å². The number of aliphatic hydroxyl groups excluding tert-OH is 1. The van der Waals surface area contributed by atoms with Gasteiger partial charge in [-0.1, -0.05) is 57.5 Å². The number of aryl methyl sites for hydroxylation is 1. The van der Waals surface area contributed by atoms with Crippen molar-refractivity contribution in [2.45, 2.75) is 59.4 Å². The number of benzene rings is 2. The number of carbonyl (C=O) groups is 2. The molecule has 0 aromatic heterocycles. The van der Waals surface area contributed by atoms with Crippen molar-refractivity contribution in [2.75, 3.05) is 11.9 Å². The second-order valence-corrected chi connectivity index (χ2v) is 9.87. The number of aliphatic hydroxyl groups is 1. The minimum absolute atomic E-state index is 0.180. The highest BCUT2D eigenvalue weighted by Crippen LogP contribution is 2.31.